The zero-order valence-electron chi connectivity index (χ0n) is 14.6. The van der Waals surface area contributed by atoms with Crippen molar-refractivity contribution >= 4 is 33.9 Å². The van der Waals surface area contributed by atoms with Gasteiger partial charge >= 0.3 is 0 Å². The van der Waals surface area contributed by atoms with Crippen molar-refractivity contribution in [1.29, 1.82) is 0 Å². The topological polar surface area (TPSA) is 88.4 Å². The summed E-state index contributed by atoms with van der Waals surface area (Å²) in [5.41, 5.74) is 2.42. The monoisotopic (exact) mass is 362 g/mol. The maximum atomic E-state index is 12.9. The van der Waals surface area contributed by atoms with Crippen molar-refractivity contribution in [3.05, 3.63) is 70.4 Å². The van der Waals surface area contributed by atoms with Gasteiger partial charge in [0.15, 0.2) is 0 Å². The number of anilines is 2. The average Bonchev–Trinajstić information content (AvgIpc) is 3.22. The van der Waals surface area contributed by atoms with E-state index in [9.17, 15) is 14.9 Å². The van der Waals surface area contributed by atoms with Crippen LogP contribution in [0.2, 0.25) is 0 Å². The molecule has 0 unspecified atom stereocenters. The number of benzene rings is 2. The van der Waals surface area contributed by atoms with Crippen LogP contribution in [0.15, 0.2) is 54.7 Å². The van der Waals surface area contributed by atoms with Crippen LogP contribution < -0.4 is 10.2 Å². The predicted molar refractivity (Wildman–Crippen MR) is 104 cm³/mol. The number of amides is 1. The van der Waals surface area contributed by atoms with Crippen molar-refractivity contribution in [1.82, 2.24) is 4.98 Å². The maximum absolute atomic E-state index is 12.9. The minimum atomic E-state index is -0.480. The Morgan fingerprint density at radius 3 is 2.70 bits per heavy atom. The first kappa shape index (κ1) is 17.0. The van der Waals surface area contributed by atoms with E-state index >= 15 is 0 Å². The number of hydrogen-bond donors (Lipinski definition) is 1. The Hall–Kier alpha value is -3.48. The molecule has 7 heteroatoms. The lowest BCUT2D eigenvalue weighted by atomic mass is 10.1. The number of nitrogens with one attached hydrogen (secondary N) is 1. The fourth-order valence-corrected chi connectivity index (χ4v) is 3.41. The van der Waals surface area contributed by atoms with E-state index in [2.05, 4.69) is 15.2 Å². The zero-order valence-corrected chi connectivity index (χ0v) is 14.6. The molecule has 0 saturated carbocycles. The number of hydrogen-bond acceptors (Lipinski definition) is 5. The van der Waals surface area contributed by atoms with Crippen LogP contribution in [0.4, 0.5) is 17.1 Å². The molecular formula is C20H18N4O3. The molecule has 4 rings (SSSR count). The number of nitro benzene ring substituents is 1. The summed E-state index contributed by atoms with van der Waals surface area (Å²) in [6.07, 6.45) is 3.82. The molecule has 1 saturated heterocycles. The van der Waals surface area contributed by atoms with Gasteiger partial charge in [0.05, 0.1) is 21.7 Å². The van der Waals surface area contributed by atoms with Crippen molar-refractivity contribution in [2.75, 3.05) is 23.3 Å². The van der Waals surface area contributed by atoms with E-state index in [1.807, 2.05) is 24.3 Å². The molecule has 0 atom stereocenters. The number of carbonyl (C=O) groups excluding carboxylic acids is 1. The molecular weight excluding hydrogens is 344 g/mol. The fourth-order valence-electron chi connectivity index (χ4n) is 3.41. The van der Waals surface area contributed by atoms with Crippen molar-refractivity contribution in [3.8, 4) is 0 Å². The molecule has 0 bridgehead atoms. The molecule has 1 amide bonds. The fraction of sp³-hybridized carbons (Fsp3) is 0.200. The quantitative estimate of drug-likeness (QED) is 0.560. The van der Waals surface area contributed by atoms with Crippen LogP contribution in [-0.4, -0.2) is 28.9 Å². The van der Waals surface area contributed by atoms with Crippen LogP contribution in [-0.2, 0) is 0 Å². The SMILES string of the molecule is O=C(Nc1ccc2ncccc2c1)c1cc([N+](=O)[O-])ccc1N1CCCC1. The Bertz CT molecular complexity index is 1030. The number of aromatic nitrogens is 1. The van der Waals surface area contributed by atoms with Crippen molar-refractivity contribution < 1.29 is 9.72 Å². The summed E-state index contributed by atoms with van der Waals surface area (Å²) >= 11 is 0. The Morgan fingerprint density at radius 1 is 1.11 bits per heavy atom. The molecule has 0 aliphatic carbocycles. The number of rotatable bonds is 4. The number of nitrogens with zero attached hydrogens (tertiary/aromatic N) is 3. The first-order valence-corrected chi connectivity index (χ1v) is 8.81. The van der Waals surface area contributed by atoms with E-state index in [0.717, 1.165) is 42.5 Å². The van der Waals surface area contributed by atoms with Crippen molar-refractivity contribution in [3.63, 3.8) is 0 Å². The van der Waals surface area contributed by atoms with Crippen LogP contribution in [0, 0.1) is 10.1 Å². The van der Waals surface area contributed by atoms with E-state index in [4.69, 9.17) is 0 Å². The van der Waals surface area contributed by atoms with Crippen LogP contribution in [0.25, 0.3) is 10.9 Å². The van der Waals surface area contributed by atoms with Gasteiger partial charge in [0.2, 0.25) is 0 Å². The number of non-ortho nitro benzene ring substituents is 1. The van der Waals surface area contributed by atoms with Gasteiger partial charge in [-0.3, -0.25) is 19.9 Å². The smallest absolute Gasteiger partial charge is 0.270 e. The molecule has 3 aromatic rings. The van der Waals surface area contributed by atoms with Gasteiger partial charge in [-0.2, -0.15) is 0 Å². The predicted octanol–water partition coefficient (Wildman–Crippen LogP) is 4.00. The normalized spacial score (nSPS) is 13.7. The molecule has 2 aromatic carbocycles. The first-order chi connectivity index (χ1) is 13.1. The maximum Gasteiger partial charge on any atom is 0.270 e. The summed E-state index contributed by atoms with van der Waals surface area (Å²) < 4.78 is 0. The molecule has 1 aliphatic rings. The van der Waals surface area contributed by atoms with Gasteiger partial charge in [-0.15, -0.1) is 0 Å². The van der Waals surface area contributed by atoms with Crippen molar-refractivity contribution in [2.45, 2.75) is 12.8 Å². The lowest BCUT2D eigenvalue weighted by Crippen LogP contribution is -2.23. The van der Waals surface area contributed by atoms with Gasteiger partial charge in [0.1, 0.15) is 0 Å². The minimum Gasteiger partial charge on any atom is -0.371 e. The highest BCUT2D eigenvalue weighted by Crippen LogP contribution is 2.29. The van der Waals surface area contributed by atoms with E-state index in [0.29, 0.717) is 11.3 Å². The Balaban J connectivity index is 1.68. The molecule has 1 aromatic heterocycles. The second-order valence-corrected chi connectivity index (χ2v) is 6.52. The van der Waals surface area contributed by atoms with Gasteiger partial charge in [-0.1, -0.05) is 6.07 Å². The van der Waals surface area contributed by atoms with Gasteiger partial charge in [-0.05, 0) is 43.2 Å². The standard InChI is InChI=1S/C20H18N4O3/c25-20(22-15-5-7-18-14(12-15)4-3-9-21-18)17-13-16(24(26)27)6-8-19(17)23-10-1-2-11-23/h3-9,12-13H,1-2,10-11H2,(H,22,25). The van der Waals surface area contributed by atoms with Gasteiger partial charge in [0.25, 0.3) is 11.6 Å². The average molecular weight is 362 g/mol. The third kappa shape index (κ3) is 3.44. The third-order valence-electron chi connectivity index (χ3n) is 4.74. The number of nitro groups is 1. The summed E-state index contributed by atoms with van der Waals surface area (Å²) in [5, 5.41) is 14.9. The van der Waals surface area contributed by atoms with Crippen LogP contribution in [0.1, 0.15) is 23.2 Å². The van der Waals surface area contributed by atoms with E-state index in [1.165, 1.54) is 12.1 Å². The summed E-state index contributed by atoms with van der Waals surface area (Å²) in [4.78, 5) is 30.0. The molecule has 0 spiro atoms. The van der Waals surface area contributed by atoms with Crippen LogP contribution in [0.5, 0.6) is 0 Å². The molecule has 136 valence electrons. The zero-order chi connectivity index (χ0) is 18.8. The molecule has 1 N–H and O–H groups in total. The largest absolute Gasteiger partial charge is 0.371 e. The van der Waals surface area contributed by atoms with Gasteiger partial charge < -0.3 is 10.2 Å². The van der Waals surface area contributed by atoms with Gasteiger partial charge in [0, 0.05) is 42.5 Å². The van der Waals surface area contributed by atoms with Gasteiger partial charge in [-0.25, -0.2) is 0 Å². The molecule has 7 nitrogen and oxygen atoms in total. The van der Waals surface area contributed by atoms with Crippen LogP contribution in [0.3, 0.4) is 0 Å². The van der Waals surface area contributed by atoms with E-state index < -0.39 is 4.92 Å². The summed E-state index contributed by atoms with van der Waals surface area (Å²) in [5.74, 6) is -0.358. The molecule has 27 heavy (non-hydrogen) atoms. The number of pyridine rings is 1. The number of carbonyl (C=O) groups is 1. The summed E-state index contributed by atoms with van der Waals surface area (Å²) in [6.45, 7) is 1.69. The van der Waals surface area contributed by atoms with E-state index in [-0.39, 0.29) is 11.6 Å². The molecule has 1 fully saturated rings. The third-order valence-corrected chi connectivity index (χ3v) is 4.74. The minimum absolute atomic E-state index is 0.0918. The Morgan fingerprint density at radius 2 is 1.93 bits per heavy atom. The lowest BCUT2D eigenvalue weighted by Gasteiger charge is -2.21. The molecule has 1 aliphatic heterocycles. The first-order valence-electron chi connectivity index (χ1n) is 8.81. The molecule has 2 heterocycles. The van der Waals surface area contributed by atoms with E-state index in [1.54, 1.807) is 18.3 Å². The lowest BCUT2D eigenvalue weighted by molar-refractivity contribution is -0.384. The Labute approximate surface area is 155 Å². The van der Waals surface area contributed by atoms with Crippen molar-refractivity contribution in [2.24, 2.45) is 0 Å². The second-order valence-electron chi connectivity index (χ2n) is 6.52. The highest BCUT2D eigenvalue weighted by atomic mass is 16.6. The number of fused-ring (bicyclic) bond motifs is 1. The second kappa shape index (κ2) is 7.03. The Kier molecular flexibility index (Phi) is 4.42. The summed E-state index contributed by atoms with van der Waals surface area (Å²) in [7, 11) is 0. The summed E-state index contributed by atoms with van der Waals surface area (Å²) in [6, 6.07) is 13.7. The highest BCUT2D eigenvalue weighted by molar-refractivity contribution is 6.09. The highest BCUT2D eigenvalue weighted by Gasteiger charge is 2.22. The van der Waals surface area contributed by atoms with Crippen LogP contribution >= 0.6 is 0 Å². The molecule has 0 radical (unpaired) electrons.